The SMILES string of the molecule is Cc1ccc(N2CCN(S(=O)(=O)c3ccc4scc(CC(=O)O)c4c3)CC2)cc1F. The zero-order valence-electron chi connectivity index (χ0n) is 16.3. The number of thiophene rings is 1. The van der Waals surface area contributed by atoms with Crippen molar-refractivity contribution >= 4 is 43.1 Å². The number of nitrogens with zero attached hydrogens (tertiary/aromatic N) is 2. The zero-order chi connectivity index (χ0) is 21.5. The summed E-state index contributed by atoms with van der Waals surface area (Å²) in [4.78, 5) is 13.2. The molecule has 1 fully saturated rings. The van der Waals surface area contributed by atoms with Gasteiger partial charge < -0.3 is 10.0 Å². The highest BCUT2D eigenvalue weighted by Crippen LogP contribution is 2.30. The summed E-state index contributed by atoms with van der Waals surface area (Å²) in [6.45, 7) is 3.22. The van der Waals surface area contributed by atoms with Crippen LogP contribution < -0.4 is 4.90 Å². The molecule has 0 aliphatic carbocycles. The Balaban J connectivity index is 1.54. The van der Waals surface area contributed by atoms with Crippen molar-refractivity contribution in [2.45, 2.75) is 18.2 Å². The molecule has 1 saturated heterocycles. The molecule has 0 unspecified atom stereocenters. The van der Waals surface area contributed by atoms with E-state index in [1.807, 2.05) is 11.0 Å². The first-order valence-corrected chi connectivity index (χ1v) is 11.8. The molecule has 3 aromatic rings. The van der Waals surface area contributed by atoms with Gasteiger partial charge in [0.05, 0.1) is 11.3 Å². The van der Waals surface area contributed by atoms with Crippen molar-refractivity contribution in [3.05, 3.63) is 58.7 Å². The Morgan fingerprint density at radius 3 is 2.53 bits per heavy atom. The molecule has 0 atom stereocenters. The molecule has 2 aromatic carbocycles. The van der Waals surface area contributed by atoms with Gasteiger partial charge in [-0.1, -0.05) is 6.07 Å². The lowest BCUT2D eigenvalue weighted by molar-refractivity contribution is -0.136. The van der Waals surface area contributed by atoms with E-state index in [1.165, 1.54) is 21.7 Å². The maximum atomic E-state index is 13.9. The standard InChI is InChI=1S/C21H21FN2O4S2/c1-14-2-3-16(11-19(14)22)23-6-8-24(9-7-23)30(27,28)17-4-5-20-18(12-17)15(13-29-20)10-21(25)26/h2-5,11-13H,6-10H2,1H3,(H,25,26). The van der Waals surface area contributed by atoms with E-state index >= 15 is 0 Å². The van der Waals surface area contributed by atoms with Crippen molar-refractivity contribution in [1.82, 2.24) is 4.31 Å². The molecular formula is C21H21FN2O4S2. The summed E-state index contributed by atoms with van der Waals surface area (Å²) in [5.41, 5.74) is 1.94. The number of anilines is 1. The Bertz CT molecular complexity index is 1210. The Kier molecular flexibility index (Phi) is 5.52. The molecule has 0 amide bonds. The van der Waals surface area contributed by atoms with Crippen LogP contribution in [0.15, 0.2) is 46.7 Å². The Morgan fingerprint density at radius 2 is 1.87 bits per heavy atom. The second kappa shape index (κ2) is 7.98. The van der Waals surface area contributed by atoms with Gasteiger partial charge in [0.15, 0.2) is 0 Å². The molecule has 0 spiro atoms. The molecule has 0 saturated carbocycles. The van der Waals surface area contributed by atoms with E-state index in [2.05, 4.69) is 0 Å². The number of rotatable bonds is 5. The first-order valence-electron chi connectivity index (χ1n) is 9.49. The fraction of sp³-hybridized carbons (Fsp3) is 0.286. The summed E-state index contributed by atoms with van der Waals surface area (Å²) in [5, 5.41) is 11.5. The number of fused-ring (bicyclic) bond motifs is 1. The fourth-order valence-corrected chi connectivity index (χ4v) is 6.03. The predicted octanol–water partition coefficient (Wildman–Crippen LogP) is 3.49. The van der Waals surface area contributed by atoms with Gasteiger partial charge in [0, 0.05) is 36.6 Å². The first-order chi connectivity index (χ1) is 14.3. The number of carboxylic acid groups (broad SMARTS) is 1. The second-order valence-corrected chi connectivity index (χ2v) is 10.2. The number of sulfonamides is 1. The van der Waals surface area contributed by atoms with Crippen LogP contribution in [-0.4, -0.2) is 50.0 Å². The predicted molar refractivity (Wildman–Crippen MR) is 115 cm³/mol. The normalized spacial score (nSPS) is 15.6. The third-order valence-electron chi connectivity index (χ3n) is 5.36. The lowest BCUT2D eigenvalue weighted by atomic mass is 10.1. The van der Waals surface area contributed by atoms with Gasteiger partial charge in [-0.2, -0.15) is 4.31 Å². The molecule has 2 heterocycles. The van der Waals surface area contributed by atoms with Gasteiger partial charge >= 0.3 is 5.97 Å². The minimum absolute atomic E-state index is 0.144. The van der Waals surface area contributed by atoms with E-state index in [4.69, 9.17) is 5.11 Å². The number of carboxylic acids is 1. The Morgan fingerprint density at radius 1 is 1.13 bits per heavy atom. The average Bonchev–Trinajstić information content (AvgIpc) is 3.11. The second-order valence-electron chi connectivity index (χ2n) is 7.31. The number of aliphatic carboxylic acids is 1. The number of hydrogen-bond acceptors (Lipinski definition) is 5. The summed E-state index contributed by atoms with van der Waals surface area (Å²) in [6, 6.07) is 9.91. The lowest BCUT2D eigenvalue weighted by Crippen LogP contribution is -2.48. The number of aryl methyl sites for hydroxylation is 1. The smallest absolute Gasteiger partial charge is 0.307 e. The largest absolute Gasteiger partial charge is 0.481 e. The number of carbonyl (C=O) groups is 1. The van der Waals surface area contributed by atoms with Crippen LogP contribution in [0.4, 0.5) is 10.1 Å². The van der Waals surface area contributed by atoms with Gasteiger partial charge in [-0.25, -0.2) is 12.8 Å². The Labute approximate surface area is 178 Å². The minimum Gasteiger partial charge on any atom is -0.481 e. The monoisotopic (exact) mass is 448 g/mol. The van der Waals surface area contributed by atoms with Gasteiger partial charge in [0.1, 0.15) is 5.82 Å². The summed E-state index contributed by atoms with van der Waals surface area (Å²) in [6.07, 6.45) is -0.144. The molecule has 0 radical (unpaired) electrons. The van der Waals surface area contributed by atoms with Crippen LogP contribution in [0.2, 0.25) is 0 Å². The van der Waals surface area contributed by atoms with Gasteiger partial charge in [0.25, 0.3) is 0 Å². The third kappa shape index (κ3) is 3.92. The van der Waals surface area contributed by atoms with Crippen molar-refractivity contribution in [1.29, 1.82) is 0 Å². The van der Waals surface area contributed by atoms with Crippen LogP contribution in [0.1, 0.15) is 11.1 Å². The highest BCUT2D eigenvalue weighted by molar-refractivity contribution is 7.89. The van der Waals surface area contributed by atoms with Gasteiger partial charge in [-0.15, -0.1) is 11.3 Å². The van der Waals surface area contributed by atoms with Crippen molar-refractivity contribution < 1.29 is 22.7 Å². The van der Waals surface area contributed by atoms with Crippen LogP contribution in [-0.2, 0) is 21.2 Å². The van der Waals surface area contributed by atoms with E-state index in [-0.39, 0.29) is 17.1 Å². The van der Waals surface area contributed by atoms with E-state index in [0.717, 1.165) is 10.4 Å². The fourth-order valence-electron chi connectivity index (χ4n) is 3.64. The summed E-state index contributed by atoms with van der Waals surface area (Å²) >= 11 is 1.40. The Hall–Kier alpha value is -2.49. The summed E-state index contributed by atoms with van der Waals surface area (Å²) in [5.74, 6) is -1.23. The van der Waals surface area contributed by atoms with Crippen LogP contribution in [0, 0.1) is 12.7 Å². The average molecular weight is 449 g/mol. The van der Waals surface area contributed by atoms with Crippen molar-refractivity contribution in [2.24, 2.45) is 0 Å². The van der Waals surface area contributed by atoms with E-state index in [0.29, 0.717) is 42.7 Å². The van der Waals surface area contributed by atoms with E-state index < -0.39 is 16.0 Å². The molecule has 158 valence electrons. The summed E-state index contributed by atoms with van der Waals surface area (Å²) < 4.78 is 42.5. The summed E-state index contributed by atoms with van der Waals surface area (Å²) in [7, 11) is -3.71. The van der Waals surface area contributed by atoms with Crippen LogP contribution in [0.3, 0.4) is 0 Å². The third-order valence-corrected chi connectivity index (χ3v) is 8.27. The molecule has 1 aromatic heterocycles. The number of halogens is 1. The number of piperazine rings is 1. The quantitative estimate of drug-likeness (QED) is 0.647. The lowest BCUT2D eigenvalue weighted by Gasteiger charge is -2.35. The molecular weight excluding hydrogens is 427 g/mol. The van der Waals surface area contributed by atoms with Gasteiger partial charge in [0.2, 0.25) is 10.0 Å². The molecule has 30 heavy (non-hydrogen) atoms. The number of hydrogen-bond donors (Lipinski definition) is 1. The van der Waals surface area contributed by atoms with Crippen molar-refractivity contribution in [3.8, 4) is 0 Å². The maximum absolute atomic E-state index is 13.9. The maximum Gasteiger partial charge on any atom is 0.307 e. The zero-order valence-corrected chi connectivity index (χ0v) is 18.0. The van der Waals surface area contributed by atoms with Crippen LogP contribution >= 0.6 is 11.3 Å². The van der Waals surface area contributed by atoms with Gasteiger partial charge in [-0.05, 0) is 59.1 Å². The van der Waals surface area contributed by atoms with Crippen molar-refractivity contribution in [3.63, 3.8) is 0 Å². The molecule has 4 rings (SSSR count). The minimum atomic E-state index is -3.71. The van der Waals surface area contributed by atoms with Crippen molar-refractivity contribution in [2.75, 3.05) is 31.1 Å². The molecule has 0 bridgehead atoms. The van der Waals surface area contributed by atoms with E-state index in [9.17, 15) is 17.6 Å². The van der Waals surface area contributed by atoms with E-state index in [1.54, 1.807) is 36.6 Å². The topological polar surface area (TPSA) is 77.9 Å². The highest BCUT2D eigenvalue weighted by Gasteiger charge is 2.29. The highest BCUT2D eigenvalue weighted by atomic mass is 32.2. The molecule has 9 heteroatoms. The molecule has 1 N–H and O–H groups in total. The molecule has 1 aliphatic heterocycles. The molecule has 6 nitrogen and oxygen atoms in total. The number of benzene rings is 2. The van der Waals surface area contributed by atoms with Crippen LogP contribution in [0.25, 0.3) is 10.1 Å². The first kappa shape index (κ1) is 20.8. The van der Waals surface area contributed by atoms with Gasteiger partial charge in [-0.3, -0.25) is 4.79 Å². The molecule has 1 aliphatic rings. The van der Waals surface area contributed by atoms with Crippen LogP contribution in [0.5, 0.6) is 0 Å².